The van der Waals surface area contributed by atoms with E-state index in [2.05, 4.69) is 10.3 Å². The Kier molecular flexibility index (Phi) is 3.78. The van der Waals surface area contributed by atoms with Gasteiger partial charge in [-0.15, -0.1) is 11.3 Å². The summed E-state index contributed by atoms with van der Waals surface area (Å²) in [5.74, 6) is 0.153. The number of carbonyl (C=O) groups excluding carboxylic acids is 1. The lowest BCUT2D eigenvalue weighted by Gasteiger charge is -2.20. The van der Waals surface area contributed by atoms with E-state index in [0.29, 0.717) is 23.6 Å². The van der Waals surface area contributed by atoms with Gasteiger partial charge in [0.05, 0.1) is 23.6 Å². The smallest absolute Gasteiger partial charge is 0.258 e. The van der Waals surface area contributed by atoms with Crippen molar-refractivity contribution in [2.24, 2.45) is 0 Å². The van der Waals surface area contributed by atoms with Gasteiger partial charge in [0.2, 0.25) is 5.91 Å². The number of benzene rings is 1. The molecule has 1 amide bonds. The molecule has 122 valence electrons. The van der Waals surface area contributed by atoms with Gasteiger partial charge in [-0.3, -0.25) is 14.0 Å². The maximum Gasteiger partial charge on any atom is 0.258 e. The molecule has 1 aliphatic heterocycles. The highest BCUT2D eigenvalue weighted by Crippen LogP contribution is 2.29. The summed E-state index contributed by atoms with van der Waals surface area (Å²) >= 11 is 1.43. The van der Waals surface area contributed by atoms with Crippen LogP contribution in [0, 0.1) is 0 Å². The van der Waals surface area contributed by atoms with Crippen LogP contribution in [0.25, 0.3) is 4.96 Å². The minimum atomic E-state index is -0.0824. The van der Waals surface area contributed by atoms with E-state index in [-0.39, 0.29) is 11.5 Å². The number of para-hydroxylation sites is 2. The molecule has 1 aliphatic rings. The summed E-state index contributed by atoms with van der Waals surface area (Å²) < 4.78 is 1.53. The standard InChI is InChI=1S/C17H16N4O2S/c22-15-6-3-7-20(15)14-5-2-1-4-13(14)18-11-12-10-16(23)21-8-9-24-17(21)19-12/h1-2,4-5,8-10,18H,3,6-7,11H2. The molecule has 1 saturated heterocycles. The quantitative estimate of drug-likeness (QED) is 0.792. The first-order valence-electron chi connectivity index (χ1n) is 7.81. The number of aromatic nitrogens is 2. The van der Waals surface area contributed by atoms with E-state index in [0.717, 1.165) is 24.3 Å². The Bertz CT molecular complexity index is 962. The fraction of sp³-hybridized carbons (Fsp3) is 0.235. The van der Waals surface area contributed by atoms with Crippen molar-refractivity contribution in [2.45, 2.75) is 19.4 Å². The lowest BCUT2D eigenvalue weighted by atomic mass is 10.2. The summed E-state index contributed by atoms with van der Waals surface area (Å²) in [6, 6.07) is 9.27. The number of nitrogens with zero attached hydrogens (tertiary/aromatic N) is 3. The van der Waals surface area contributed by atoms with Crippen LogP contribution in [-0.4, -0.2) is 21.8 Å². The number of amides is 1. The van der Waals surface area contributed by atoms with Crippen LogP contribution in [-0.2, 0) is 11.3 Å². The van der Waals surface area contributed by atoms with E-state index in [1.54, 1.807) is 6.20 Å². The van der Waals surface area contributed by atoms with Gasteiger partial charge in [0.25, 0.3) is 5.56 Å². The van der Waals surface area contributed by atoms with Crippen LogP contribution in [0.1, 0.15) is 18.5 Å². The van der Waals surface area contributed by atoms with Gasteiger partial charge in [-0.25, -0.2) is 4.98 Å². The van der Waals surface area contributed by atoms with Crippen LogP contribution >= 0.6 is 11.3 Å². The average Bonchev–Trinajstić information content (AvgIpc) is 3.22. The molecule has 0 atom stereocenters. The Hall–Kier alpha value is -2.67. The zero-order valence-corrected chi connectivity index (χ0v) is 13.8. The van der Waals surface area contributed by atoms with Gasteiger partial charge >= 0.3 is 0 Å². The Labute approximate surface area is 142 Å². The molecule has 0 saturated carbocycles. The largest absolute Gasteiger partial charge is 0.378 e. The van der Waals surface area contributed by atoms with Crippen molar-refractivity contribution in [1.29, 1.82) is 0 Å². The minimum absolute atomic E-state index is 0.0824. The van der Waals surface area contributed by atoms with Crippen molar-refractivity contribution in [3.63, 3.8) is 0 Å². The van der Waals surface area contributed by atoms with Gasteiger partial charge < -0.3 is 10.2 Å². The van der Waals surface area contributed by atoms with Crippen molar-refractivity contribution >= 4 is 33.6 Å². The van der Waals surface area contributed by atoms with E-state index in [1.165, 1.54) is 21.8 Å². The third-order valence-corrected chi connectivity index (χ3v) is 4.84. The summed E-state index contributed by atoms with van der Waals surface area (Å²) in [4.78, 5) is 31.0. The minimum Gasteiger partial charge on any atom is -0.378 e. The Morgan fingerprint density at radius 2 is 2.12 bits per heavy atom. The molecule has 0 unspecified atom stereocenters. The summed E-state index contributed by atoms with van der Waals surface area (Å²) in [6.45, 7) is 1.18. The summed E-state index contributed by atoms with van der Waals surface area (Å²) in [7, 11) is 0. The van der Waals surface area contributed by atoms with Crippen molar-refractivity contribution < 1.29 is 4.79 Å². The molecule has 0 aliphatic carbocycles. The number of fused-ring (bicyclic) bond motifs is 1. The van der Waals surface area contributed by atoms with Crippen LogP contribution in [0.5, 0.6) is 0 Å². The molecule has 1 aromatic carbocycles. The highest BCUT2D eigenvalue weighted by Gasteiger charge is 2.23. The van der Waals surface area contributed by atoms with E-state index in [4.69, 9.17) is 0 Å². The van der Waals surface area contributed by atoms with Crippen LogP contribution in [0.4, 0.5) is 11.4 Å². The third kappa shape index (κ3) is 2.67. The highest BCUT2D eigenvalue weighted by molar-refractivity contribution is 7.15. The number of anilines is 2. The molecule has 3 aromatic rings. The zero-order chi connectivity index (χ0) is 16.5. The molecule has 24 heavy (non-hydrogen) atoms. The fourth-order valence-corrected chi connectivity index (χ4v) is 3.66. The second kappa shape index (κ2) is 6.09. The molecule has 2 aromatic heterocycles. The molecule has 3 heterocycles. The Morgan fingerprint density at radius 3 is 2.96 bits per heavy atom. The number of hydrogen-bond donors (Lipinski definition) is 1. The molecule has 4 rings (SSSR count). The second-order valence-electron chi connectivity index (χ2n) is 5.66. The molecule has 1 N–H and O–H groups in total. The molecule has 0 spiro atoms. The fourth-order valence-electron chi connectivity index (χ4n) is 2.93. The number of carbonyl (C=O) groups is 1. The Morgan fingerprint density at radius 1 is 1.25 bits per heavy atom. The van der Waals surface area contributed by atoms with Gasteiger partial charge in [-0.1, -0.05) is 12.1 Å². The van der Waals surface area contributed by atoms with Crippen molar-refractivity contribution in [3.8, 4) is 0 Å². The van der Waals surface area contributed by atoms with Crippen LogP contribution < -0.4 is 15.8 Å². The molecule has 6 nitrogen and oxygen atoms in total. The van der Waals surface area contributed by atoms with Crippen LogP contribution in [0.3, 0.4) is 0 Å². The molecular weight excluding hydrogens is 324 g/mol. The van der Waals surface area contributed by atoms with E-state index >= 15 is 0 Å². The van der Waals surface area contributed by atoms with Crippen LogP contribution in [0.2, 0.25) is 0 Å². The van der Waals surface area contributed by atoms with Crippen LogP contribution in [0.15, 0.2) is 46.7 Å². The summed E-state index contributed by atoms with van der Waals surface area (Å²) in [5, 5.41) is 5.15. The van der Waals surface area contributed by atoms with Gasteiger partial charge in [0, 0.05) is 30.6 Å². The molecule has 1 fully saturated rings. The predicted octanol–water partition coefficient (Wildman–Crippen LogP) is 2.49. The first-order valence-corrected chi connectivity index (χ1v) is 8.69. The number of thiazole rings is 1. The van der Waals surface area contributed by atoms with Gasteiger partial charge in [0.1, 0.15) is 0 Å². The second-order valence-corrected chi connectivity index (χ2v) is 6.53. The van der Waals surface area contributed by atoms with E-state index < -0.39 is 0 Å². The number of nitrogens with one attached hydrogen (secondary N) is 1. The maximum absolute atomic E-state index is 12.0. The topological polar surface area (TPSA) is 66.7 Å². The van der Waals surface area contributed by atoms with Crippen molar-refractivity contribution in [1.82, 2.24) is 9.38 Å². The normalized spacial score (nSPS) is 14.5. The first kappa shape index (κ1) is 14.9. The highest BCUT2D eigenvalue weighted by atomic mass is 32.1. The summed E-state index contributed by atoms with van der Waals surface area (Å²) in [5.41, 5.74) is 2.36. The zero-order valence-electron chi connectivity index (χ0n) is 12.9. The number of rotatable bonds is 4. The lowest BCUT2D eigenvalue weighted by molar-refractivity contribution is -0.117. The van der Waals surface area contributed by atoms with Gasteiger partial charge in [-0.05, 0) is 18.6 Å². The van der Waals surface area contributed by atoms with E-state index in [1.807, 2.05) is 34.5 Å². The monoisotopic (exact) mass is 340 g/mol. The number of hydrogen-bond acceptors (Lipinski definition) is 5. The molecule has 0 radical (unpaired) electrons. The SMILES string of the molecule is O=C1CCCN1c1ccccc1NCc1cc(=O)n2ccsc2n1. The lowest BCUT2D eigenvalue weighted by Crippen LogP contribution is -2.24. The predicted molar refractivity (Wildman–Crippen MR) is 94.7 cm³/mol. The van der Waals surface area contributed by atoms with Gasteiger partial charge in [-0.2, -0.15) is 0 Å². The van der Waals surface area contributed by atoms with Gasteiger partial charge in [0.15, 0.2) is 4.96 Å². The maximum atomic E-state index is 12.0. The van der Waals surface area contributed by atoms with Crippen molar-refractivity contribution in [2.75, 3.05) is 16.8 Å². The third-order valence-electron chi connectivity index (χ3n) is 4.08. The van der Waals surface area contributed by atoms with E-state index in [9.17, 15) is 9.59 Å². The Balaban J connectivity index is 1.59. The molecular formula is C17H16N4O2S. The van der Waals surface area contributed by atoms with Crippen molar-refractivity contribution in [3.05, 3.63) is 58.0 Å². The average molecular weight is 340 g/mol. The summed E-state index contributed by atoms with van der Waals surface area (Å²) in [6.07, 6.45) is 3.21. The molecule has 7 heteroatoms. The first-order chi connectivity index (χ1) is 11.7. The molecule has 0 bridgehead atoms.